The minimum Gasteiger partial charge on any atom is -0.494 e. The van der Waals surface area contributed by atoms with Crippen LogP contribution in [-0.2, 0) is 31.3 Å². The fourth-order valence-electron chi connectivity index (χ4n) is 5.26. The van der Waals surface area contributed by atoms with E-state index in [9.17, 15) is 21.6 Å². The average Bonchev–Trinajstić information content (AvgIpc) is 3.39. The molecule has 12 heteroatoms. The van der Waals surface area contributed by atoms with Crippen LogP contribution in [0.5, 0.6) is 5.75 Å². The van der Waals surface area contributed by atoms with E-state index < -0.39 is 20.0 Å². The van der Waals surface area contributed by atoms with Crippen molar-refractivity contribution in [3.05, 3.63) is 76.8 Å². The highest BCUT2D eigenvalue weighted by Gasteiger charge is 2.34. The highest BCUT2D eigenvalue weighted by molar-refractivity contribution is 7.92. The summed E-state index contributed by atoms with van der Waals surface area (Å²) in [4.78, 5) is 13.5. The van der Waals surface area contributed by atoms with Crippen molar-refractivity contribution in [1.82, 2.24) is 4.31 Å². The molecule has 0 bridgehead atoms. The van der Waals surface area contributed by atoms with Crippen molar-refractivity contribution in [1.29, 1.82) is 0 Å². The van der Waals surface area contributed by atoms with Crippen LogP contribution in [0, 0.1) is 12.8 Å². The number of ether oxygens (including phenoxy) is 1. The van der Waals surface area contributed by atoms with Crippen LogP contribution in [0.1, 0.15) is 30.9 Å². The molecule has 1 fully saturated rings. The van der Waals surface area contributed by atoms with Gasteiger partial charge in [-0.05, 0) is 98.8 Å². The fourth-order valence-corrected chi connectivity index (χ4v) is 8.44. The van der Waals surface area contributed by atoms with Crippen LogP contribution in [0.25, 0.3) is 0 Å². The van der Waals surface area contributed by atoms with Crippen molar-refractivity contribution in [2.45, 2.75) is 42.9 Å². The van der Waals surface area contributed by atoms with Crippen molar-refractivity contribution in [3.63, 3.8) is 0 Å². The Morgan fingerprint density at radius 1 is 0.927 bits per heavy atom. The molecular formula is C29H32ClN3O6S2. The normalized spacial score (nSPS) is 16.4. The molecule has 0 unspecified atom stereocenters. The van der Waals surface area contributed by atoms with E-state index in [2.05, 4.69) is 5.32 Å². The largest absolute Gasteiger partial charge is 0.494 e. The smallest absolute Gasteiger partial charge is 0.264 e. The number of sulfonamides is 2. The van der Waals surface area contributed by atoms with E-state index in [-0.39, 0.29) is 34.7 Å². The lowest BCUT2D eigenvalue weighted by Crippen LogP contribution is -2.41. The number of nitrogens with zero attached hydrogens (tertiary/aromatic N) is 2. The number of rotatable bonds is 8. The van der Waals surface area contributed by atoms with Crippen LogP contribution in [0.2, 0.25) is 5.02 Å². The first-order chi connectivity index (χ1) is 19.5. The van der Waals surface area contributed by atoms with Gasteiger partial charge < -0.3 is 10.1 Å². The van der Waals surface area contributed by atoms with Crippen LogP contribution in [0.15, 0.2) is 70.5 Å². The summed E-state index contributed by atoms with van der Waals surface area (Å²) < 4.78 is 61.4. The van der Waals surface area contributed by atoms with Gasteiger partial charge in [0.2, 0.25) is 15.9 Å². The van der Waals surface area contributed by atoms with E-state index in [0.29, 0.717) is 54.6 Å². The number of carbonyl (C=O) groups is 1. The topological polar surface area (TPSA) is 113 Å². The molecule has 0 atom stereocenters. The third-order valence-corrected chi connectivity index (χ3v) is 11.5. The summed E-state index contributed by atoms with van der Waals surface area (Å²) in [5, 5.41) is 3.36. The molecule has 0 saturated carbocycles. The first-order valence-corrected chi connectivity index (χ1v) is 16.7. The van der Waals surface area contributed by atoms with Gasteiger partial charge in [-0.2, -0.15) is 4.31 Å². The number of benzene rings is 3. The zero-order chi connectivity index (χ0) is 29.4. The van der Waals surface area contributed by atoms with Crippen molar-refractivity contribution < 1.29 is 26.4 Å². The SMILES string of the molecule is CCOc1ccc(S(=O)(=O)N2CCC(C(=O)Nc3ccc4c(c3)N(S(=O)(=O)c3ccc(Cl)cc3)CC4)CC2)cc1C. The number of aryl methyl sites for hydroxylation is 1. The van der Waals surface area contributed by atoms with Gasteiger partial charge in [-0.3, -0.25) is 9.10 Å². The molecule has 0 aliphatic carbocycles. The quantitative estimate of drug-likeness (QED) is 0.387. The lowest BCUT2D eigenvalue weighted by molar-refractivity contribution is -0.120. The Hall–Kier alpha value is -3.12. The van der Waals surface area contributed by atoms with Crippen molar-refractivity contribution >= 4 is 48.9 Å². The molecule has 1 saturated heterocycles. The third-order valence-electron chi connectivity index (χ3n) is 7.52. The minimum atomic E-state index is -3.79. The number of halogens is 1. The summed E-state index contributed by atoms with van der Waals surface area (Å²) in [6.45, 7) is 4.93. The van der Waals surface area contributed by atoms with E-state index in [0.717, 1.165) is 11.1 Å². The van der Waals surface area contributed by atoms with Crippen LogP contribution >= 0.6 is 11.6 Å². The summed E-state index contributed by atoms with van der Waals surface area (Å²) in [6, 6.07) is 16.1. The maximum Gasteiger partial charge on any atom is 0.264 e. The Balaban J connectivity index is 1.24. The number of carbonyl (C=O) groups excluding carboxylic acids is 1. The van der Waals surface area contributed by atoms with Crippen LogP contribution in [-0.4, -0.2) is 53.3 Å². The van der Waals surface area contributed by atoms with E-state index in [4.69, 9.17) is 16.3 Å². The van der Waals surface area contributed by atoms with Crippen LogP contribution in [0.4, 0.5) is 11.4 Å². The number of nitrogens with one attached hydrogen (secondary N) is 1. The van der Waals surface area contributed by atoms with Crippen molar-refractivity contribution in [2.24, 2.45) is 5.92 Å². The first kappa shape index (κ1) is 29.4. The maximum atomic E-state index is 13.3. The Kier molecular flexibility index (Phi) is 8.34. The molecule has 1 N–H and O–H groups in total. The maximum absolute atomic E-state index is 13.3. The molecule has 3 aromatic carbocycles. The first-order valence-electron chi connectivity index (χ1n) is 13.5. The molecule has 0 radical (unpaired) electrons. The number of amides is 1. The van der Waals surface area contributed by atoms with Gasteiger partial charge in [0.1, 0.15) is 5.75 Å². The van der Waals surface area contributed by atoms with Gasteiger partial charge in [-0.25, -0.2) is 16.8 Å². The molecule has 0 aromatic heterocycles. The number of fused-ring (bicyclic) bond motifs is 1. The van der Waals surface area contributed by atoms with Gasteiger partial charge in [0.05, 0.1) is 22.1 Å². The van der Waals surface area contributed by atoms with Crippen molar-refractivity contribution in [2.75, 3.05) is 35.9 Å². The molecule has 2 aliphatic heterocycles. The number of anilines is 2. The summed E-state index contributed by atoms with van der Waals surface area (Å²) in [5.41, 5.74) is 2.65. The second-order valence-corrected chi connectivity index (χ2v) is 14.4. The minimum absolute atomic E-state index is 0.145. The average molecular weight is 618 g/mol. The second kappa shape index (κ2) is 11.6. The molecule has 9 nitrogen and oxygen atoms in total. The summed E-state index contributed by atoms with van der Waals surface area (Å²) in [6.07, 6.45) is 1.32. The molecule has 2 aliphatic rings. The lowest BCUT2D eigenvalue weighted by Gasteiger charge is -2.30. The van der Waals surface area contributed by atoms with E-state index in [1.807, 2.05) is 19.9 Å². The van der Waals surface area contributed by atoms with Crippen LogP contribution in [0.3, 0.4) is 0 Å². The summed E-state index contributed by atoms with van der Waals surface area (Å²) in [7, 11) is -7.49. The molecule has 218 valence electrons. The fraction of sp³-hybridized carbons (Fsp3) is 0.345. The highest BCUT2D eigenvalue weighted by atomic mass is 35.5. The summed E-state index contributed by atoms with van der Waals surface area (Å²) in [5.74, 6) is 0.0637. The van der Waals surface area contributed by atoms with Gasteiger partial charge in [0.25, 0.3) is 10.0 Å². The zero-order valence-corrected chi connectivity index (χ0v) is 25.2. The predicted octanol–water partition coefficient (Wildman–Crippen LogP) is 4.84. The Bertz CT molecular complexity index is 1670. The molecular weight excluding hydrogens is 586 g/mol. The number of piperidine rings is 1. The van der Waals surface area contributed by atoms with E-state index >= 15 is 0 Å². The third kappa shape index (κ3) is 5.94. The monoisotopic (exact) mass is 617 g/mol. The van der Waals surface area contributed by atoms with Gasteiger partial charge in [0, 0.05) is 36.3 Å². The second-order valence-electron chi connectivity index (χ2n) is 10.2. The van der Waals surface area contributed by atoms with E-state index in [1.54, 1.807) is 30.3 Å². The molecule has 1 amide bonds. The van der Waals surface area contributed by atoms with Gasteiger partial charge in [-0.15, -0.1) is 0 Å². The summed E-state index contributed by atoms with van der Waals surface area (Å²) >= 11 is 5.93. The molecule has 3 aromatic rings. The highest BCUT2D eigenvalue weighted by Crippen LogP contribution is 2.36. The molecule has 0 spiro atoms. The number of hydrogen-bond acceptors (Lipinski definition) is 6. The standard InChI is InChI=1S/C29H32ClN3O6S2/c1-3-39-28-11-10-26(18-20(28)2)40(35,36)32-15-12-22(13-16-32)29(34)31-24-7-4-21-14-17-33(27(21)19-24)41(37,38)25-8-5-23(30)6-9-25/h4-11,18-19,22H,3,12-17H2,1-2H3,(H,31,34). The predicted molar refractivity (Wildman–Crippen MR) is 159 cm³/mol. The van der Waals surface area contributed by atoms with Gasteiger partial charge in [0.15, 0.2) is 0 Å². The van der Waals surface area contributed by atoms with Crippen LogP contribution < -0.4 is 14.4 Å². The molecule has 5 rings (SSSR count). The van der Waals surface area contributed by atoms with Gasteiger partial charge in [-0.1, -0.05) is 17.7 Å². The molecule has 2 heterocycles. The van der Waals surface area contributed by atoms with Gasteiger partial charge >= 0.3 is 0 Å². The zero-order valence-electron chi connectivity index (χ0n) is 22.8. The molecule has 41 heavy (non-hydrogen) atoms. The van der Waals surface area contributed by atoms with E-state index in [1.165, 1.54) is 32.9 Å². The number of hydrogen-bond donors (Lipinski definition) is 1. The Morgan fingerprint density at radius 2 is 1.61 bits per heavy atom. The lowest BCUT2D eigenvalue weighted by atomic mass is 9.97. The van der Waals surface area contributed by atoms with Crippen molar-refractivity contribution in [3.8, 4) is 5.75 Å². The Morgan fingerprint density at radius 3 is 2.27 bits per heavy atom. The Labute approximate surface area is 246 Å².